The predicted molar refractivity (Wildman–Crippen MR) is 73.7 cm³/mol. The van der Waals surface area contributed by atoms with Crippen LogP contribution in [0.1, 0.15) is 46.0 Å². The Morgan fingerprint density at radius 1 is 1.00 bits per heavy atom. The molecule has 0 aromatic heterocycles. The molecular formula is C12H28N2O2S. The smallest absolute Gasteiger partial charge is 0.213 e. The van der Waals surface area contributed by atoms with Gasteiger partial charge in [0.25, 0.3) is 0 Å². The topological polar surface area (TPSA) is 49.4 Å². The van der Waals surface area contributed by atoms with E-state index in [2.05, 4.69) is 19.2 Å². The van der Waals surface area contributed by atoms with Crippen molar-refractivity contribution in [3.63, 3.8) is 0 Å². The highest BCUT2D eigenvalue weighted by molar-refractivity contribution is 7.89. The summed E-state index contributed by atoms with van der Waals surface area (Å²) in [4.78, 5) is 0. The van der Waals surface area contributed by atoms with Crippen LogP contribution in [0.2, 0.25) is 0 Å². The summed E-state index contributed by atoms with van der Waals surface area (Å²) in [5, 5.41) is 3.28. The van der Waals surface area contributed by atoms with Gasteiger partial charge < -0.3 is 5.32 Å². The second-order valence-corrected chi connectivity index (χ2v) is 6.64. The molecule has 4 nitrogen and oxygen atoms in total. The number of sulfonamides is 1. The van der Waals surface area contributed by atoms with Crippen LogP contribution in [0.25, 0.3) is 0 Å². The molecule has 0 atom stereocenters. The maximum Gasteiger partial charge on any atom is 0.213 e. The Morgan fingerprint density at radius 3 is 2.29 bits per heavy atom. The molecule has 0 fully saturated rings. The third kappa shape index (κ3) is 8.57. The summed E-state index contributed by atoms with van der Waals surface area (Å²) in [6.07, 6.45) is 4.77. The van der Waals surface area contributed by atoms with Crippen molar-refractivity contribution in [3.05, 3.63) is 0 Å². The van der Waals surface area contributed by atoms with Crippen molar-refractivity contribution < 1.29 is 8.42 Å². The third-order valence-corrected chi connectivity index (χ3v) is 4.67. The largest absolute Gasteiger partial charge is 0.317 e. The molecule has 0 saturated heterocycles. The van der Waals surface area contributed by atoms with Gasteiger partial charge in [-0.25, -0.2) is 12.7 Å². The van der Waals surface area contributed by atoms with Crippen molar-refractivity contribution in [1.29, 1.82) is 0 Å². The third-order valence-electron chi connectivity index (χ3n) is 2.73. The second-order valence-electron chi connectivity index (χ2n) is 4.45. The first-order chi connectivity index (χ1) is 8.04. The van der Waals surface area contributed by atoms with E-state index in [1.807, 2.05) is 0 Å². The van der Waals surface area contributed by atoms with Crippen LogP contribution in [0, 0.1) is 0 Å². The van der Waals surface area contributed by atoms with E-state index in [1.165, 1.54) is 4.31 Å². The molecule has 0 amide bonds. The molecule has 0 aromatic rings. The minimum atomic E-state index is -3.02. The average molecular weight is 264 g/mol. The molecule has 0 spiro atoms. The van der Waals surface area contributed by atoms with E-state index in [9.17, 15) is 8.42 Å². The Hall–Kier alpha value is -0.130. The fraction of sp³-hybridized carbons (Fsp3) is 1.00. The summed E-state index contributed by atoms with van der Waals surface area (Å²) in [6.45, 7) is 6.78. The number of hydrogen-bond donors (Lipinski definition) is 1. The lowest BCUT2D eigenvalue weighted by Crippen LogP contribution is -2.30. The summed E-state index contributed by atoms with van der Waals surface area (Å²) in [6, 6.07) is 0. The molecule has 0 aliphatic carbocycles. The summed E-state index contributed by atoms with van der Waals surface area (Å²) >= 11 is 0. The standard InChI is InChI=1S/C12H28N2O2S/c1-4-6-11-14(3)17(15,16)12-8-7-10-13-9-5-2/h13H,4-12H2,1-3H3. The molecule has 0 radical (unpaired) electrons. The van der Waals surface area contributed by atoms with Crippen molar-refractivity contribution in [2.75, 3.05) is 32.4 Å². The number of rotatable bonds is 11. The Labute approximate surface area is 107 Å². The SMILES string of the molecule is CCCCN(C)S(=O)(=O)CCCCNCCC. The predicted octanol–water partition coefficient (Wildman–Crippen LogP) is 1.83. The van der Waals surface area contributed by atoms with Crippen LogP contribution in [0.3, 0.4) is 0 Å². The molecule has 0 unspecified atom stereocenters. The minimum Gasteiger partial charge on any atom is -0.317 e. The van der Waals surface area contributed by atoms with E-state index in [0.29, 0.717) is 6.54 Å². The van der Waals surface area contributed by atoms with E-state index in [1.54, 1.807) is 7.05 Å². The van der Waals surface area contributed by atoms with Gasteiger partial charge in [-0.3, -0.25) is 0 Å². The van der Waals surface area contributed by atoms with Crippen LogP contribution in [0.15, 0.2) is 0 Å². The lowest BCUT2D eigenvalue weighted by molar-refractivity contribution is 0.457. The quantitative estimate of drug-likeness (QED) is 0.579. The van der Waals surface area contributed by atoms with Gasteiger partial charge >= 0.3 is 0 Å². The number of nitrogens with one attached hydrogen (secondary N) is 1. The van der Waals surface area contributed by atoms with E-state index in [0.717, 1.165) is 45.2 Å². The Morgan fingerprint density at radius 2 is 1.71 bits per heavy atom. The maximum atomic E-state index is 11.8. The highest BCUT2D eigenvalue weighted by atomic mass is 32.2. The van der Waals surface area contributed by atoms with Crippen LogP contribution in [0.5, 0.6) is 0 Å². The molecule has 1 N–H and O–H groups in total. The van der Waals surface area contributed by atoms with E-state index in [4.69, 9.17) is 0 Å². The molecule has 0 bridgehead atoms. The van der Waals surface area contributed by atoms with E-state index >= 15 is 0 Å². The van der Waals surface area contributed by atoms with Crippen LogP contribution in [0.4, 0.5) is 0 Å². The van der Waals surface area contributed by atoms with Gasteiger partial charge in [-0.1, -0.05) is 20.3 Å². The summed E-state index contributed by atoms with van der Waals surface area (Å²) in [7, 11) is -1.34. The Balaban J connectivity index is 3.70. The highest BCUT2D eigenvalue weighted by Crippen LogP contribution is 2.04. The average Bonchev–Trinajstić information content (AvgIpc) is 2.30. The number of hydrogen-bond acceptors (Lipinski definition) is 3. The molecule has 0 aliphatic heterocycles. The van der Waals surface area contributed by atoms with Crippen molar-refractivity contribution >= 4 is 10.0 Å². The molecule has 17 heavy (non-hydrogen) atoms. The van der Waals surface area contributed by atoms with Gasteiger partial charge in [-0.05, 0) is 38.8 Å². The molecule has 0 heterocycles. The number of nitrogens with zero attached hydrogens (tertiary/aromatic N) is 1. The summed E-state index contributed by atoms with van der Waals surface area (Å²) in [5.41, 5.74) is 0. The van der Waals surface area contributed by atoms with Gasteiger partial charge in [0, 0.05) is 13.6 Å². The van der Waals surface area contributed by atoms with Gasteiger partial charge in [-0.15, -0.1) is 0 Å². The zero-order valence-corrected chi connectivity index (χ0v) is 12.4. The first-order valence-corrected chi connectivity index (χ1v) is 8.30. The molecule has 0 aromatic carbocycles. The Kier molecular flexibility index (Phi) is 9.78. The normalized spacial score (nSPS) is 12.2. The zero-order chi connectivity index (χ0) is 13.1. The monoisotopic (exact) mass is 264 g/mol. The molecular weight excluding hydrogens is 236 g/mol. The van der Waals surface area contributed by atoms with Crippen LogP contribution >= 0.6 is 0 Å². The fourth-order valence-electron chi connectivity index (χ4n) is 1.51. The molecule has 0 saturated carbocycles. The minimum absolute atomic E-state index is 0.279. The van der Waals surface area contributed by atoms with Gasteiger partial charge in [0.05, 0.1) is 5.75 Å². The van der Waals surface area contributed by atoms with Crippen molar-refractivity contribution in [2.45, 2.75) is 46.0 Å². The van der Waals surface area contributed by atoms with Gasteiger partial charge in [0.1, 0.15) is 0 Å². The molecule has 5 heteroatoms. The Bertz CT molecular complexity index is 266. The summed E-state index contributed by atoms with van der Waals surface area (Å²) < 4.78 is 25.2. The lowest BCUT2D eigenvalue weighted by Gasteiger charge is -2.16. The molecule has 0 aliphatic rings. The molecule has 0 rings (SSSR count). The first kappa shape index (κ1) is 16.9. The van der Waals surface area contributed by atoms with Crippen LogP contribution < -0.4 is 5.32 Å². The maximum absolute atomic E-state index is 11.8. The van der Waals surface area contributed by atoms with Gasteiger partial charge in [-0.2, -0.15) is 0 Å². The zero-order valence-electron chi connectivity index (χ0n) is 11.5. The van der Waals surface area contributed by atoms with Crippen molar-refractivity contribution in [3.8, 4) is 0 Å². The van der Waals surface area contributed by atoms with Gasteiger partial charge in [0.15, 0.2) is 0 Å². The van der Waals surface area contributed by atoms with Gasteiger partial charge in [0.2, 0.25) is 10.0 Å². The summed E-state index contributed by atoms with van der Waals surface area (Å²) in [5.74, 6) is 0.279. The van der Waals surface area contributed by atoms with Crippen LogP contribution in [-0.2, 0) is 10.0 Å². The van der Waals surface area contributed by atoms with Crippen LogP contribution in [-0.4, -0.2) is 45.2 Å². The van der Waals surface area contributed by atoms with E-state index < -0.39 is 10.0 Å². The first-order valence-electron chi connectivity index (χ1n) is 6.69. The lowest BCUT2D eigenvalue weighted by atomic mass is 10.3. The van der Waals surface area contributed by atoms with Crippen molar-refractivity contribution in [1.82, 2.24) is 9.62 Å². The fourth-order valence-corrected chi connectivity index (χ4v) is 2.80. The highest BCUT2D eigenvalue weighted by Gasteiger charge is 2.16. The second kappa shape index (κ2) is 9.85. The van der Waals surface area contributed by atoms with Crippen molar-refractivity contribution in [2.24, 2.45) is 0 Å². The molecule has 104 valence electrons. The van der Waals surface area contributed by atoms with E-state index in [-0.39, 0.29) is 5.75 Å². The number of unbranched alkanes of at least 4 members (excludes halogenated alkanes) is 2.